The van der Waals surface area contributed by atoms with E-state index in [4.69, 9.17) is 16.3 Å². The summed E-state index contributed by atoms with van der Waals surface area (Å²) in [5, 5.41) is 10.2. The third-order valence-electron chi connectivity index (χ3n) is 4.49. The van der Waals surface area contributed by atoms with Gasteiger partial charge in [-0.1, -0.05) is 35.9 Å². The maximum Gasteiger partial charge on any atom is 0.258 e. The molecule has 0 heterocycles. The molecule has 0 unspecified atom stereocenters. The Morgan fingerprint density at radius 3 is 2.69 bits per heavy atom. The number of carbonyl (C=O) groups excluding carboxylic acids is 1. The van der Waals surface area contributed by atoms with E-state index >= 15 is 0 Å². The van der Waals surface area contributed by atoms with Gasteiger partial charge < -0.3 is 20.7 Å². The number of aliphatic imine (C=N–C) groups is 1. The molecule has 0 aromatic heterocycles. The number of hydrogen-bond donors (Lipinski definition) is 3. The fourth-order valence-corrected chi connectivity index (χ4v) is 3.03. The van der Waals surface area contributed by atoms with Gasteiger partial charge in [-0.3, -0.25) is 9.79 Å². The van der Waals surface area contributed by atoms with Gasteiger partial charge in [0.15, 0.2) is 12.6 Å². The lowest BCUT2D eigenvalue weighted by molar-refractivity contribution is -0.123. The molecule has 3 N–H and O–H groups in total. The molecule has 1 saturated carbocycles. The van der Waals surface area contributed by atoms with E-state index in [1.54, 1.807) is 7.05 Å². The van der Waals surface area contributed by atoms with E-state index in [0.29, 0.717) is 18.3 Å². The zero-order valence-corrected chi connectivity index (χ0v) is 17.3. The van der Waals surface area contributed by atoms with E-state index in [2.05, 4.69) is 27.0 Å². The molecule has 0 atom stereocenters. The van der Waals surface area contributed by atoms with E-state index < -0.39 is 0 Å². The summed E-state index contributed by atoms with van der Waals surface area (Å²) in [7, 11) is 1.74. The van der Waals surface area contributed by atoms with Crippen molar-refractivity contribution in [3.8, 4) is 5.75 Å². The van der Waals surface area contributed by atoms with Crippen molar-refractivity contribution in [2.75, 3.05) is 20.2 Å². The van der Waals surface area contributed by atoms with Crippen molar-refractivity contribution >= 4 is 23.5 Å². The zero-order valence-electron chi connectivity index (χ0n) is 16.6. The van der Waals surface area contributed by atoms with Crippen molar-refractivity contribution in [1.82, 2.24) is 16.0 Å². The lowest BCUT2D eigenvalue weighted by atomic mass is 10.1. The van der Waals surface area contributed by atoms with Crippen LogP contribution in [0.25, 0.3) is 0 Å². The van der Waals surface area contributed by atoms with Crippen LogP contribution >= 0.6 is 11.6 Å². The number of nitrogens with zero attached hydrogens (tertiary/aromatic N) is 1. The number of rotatable bonds is 9. The summed E-state index contributed by atoms with van der Waals surface area (Å²) in [6.45, 7) is 1.39. The summed E-state index contributed by atoms with van der Waals surface area (Å²) in [5.41, 5.74) is 2.22. The number of carbonyl (C=O) groups is 1. The number of guanidine groups is 1. The summed E-state index contributed by atoms with van der Waals surface area (Å²) in [5.74, 6) is 1.33. The number of hydrogen-bond acceptors (Lipinski definition) is 3. The lowest BCUT2D eigenvalue weighted by Gasteiger charge is -2.13. The summed E-state index contributed by atoms with van der Waals surface area (Å²) < 4.78 is 5.60. The van der Waals surface area contributed by atoms with E-state index in [1.165, 1.54) is 5.56 Å². The Bertz CT molecular complexity index is 852. The Morgan fingerprint density at radius 1 is 1.14 bits per heavy atom. The first-order valence-corrected chi connectivity index (χ1v) is 10.2. The van der Waals surface area contributed by atoms with Crippen molar-refractivity contribution in [3.05, 3.63) is 64.7 Å². The Morgan fingerprint density at radius 2 is 1.93 bits per heavy atom. The SMILES string of the molecule is CN=C(NCCc1cccc(Cl)c1)NCc1cccc(OCC(=O)NC2CC2)c1. The van der Waals surface area contributed by atoms with E-state index in [9.17, 15) is 4.79 Å². The summed E-state index contributed by atoms with van der Waals surface area (Å²) in [4.78, 5) is 16.0. The second kappa shape index (κ2) is 10.7. The molecule has 2 aromatic carbocycles. The smallest absolute Gasteiger partial charge is 0.258 e. The second-order valence-electron chi connectivity index (χ2n) is 7.01. The van der Waals surface area contributed by atoms with Crippen molar-refractivity contribution in [2.45, 2.75) is 31.8 Å². The summed E-state index contributed by atoms with van der Waals surface area (Å²) in [6, 6.07) is 15.9. The molecule has 0 radical (unpaired) electrons. The van der Waals surface area contributed by atoms with Crippen LogP contribution in [0, 0.1) is 0 Å². The second-order valence-corrected chi connectivity index (χ2v) is 7.45. The standard InChI is InChI=1S/C22H27ClN4O2/c1-24-22(25-11-10-16-4-2-6-18(23)12-16)26-14-17-5-3-7-20(13-17)29-15-21(28)27-19-8-9-19/h2-7,12-13,19H,8-11,14-15H2,1H3,(H,27,28)(H2,24,25,26). The van der Waals surface area contributed by atoms with Gasteiger partial charge in [-0.2, -0.15) is 0 Å². The summed E-state index contributed by atoms with van der Waals surface area (Å²) >= 11 is 6.02. The molecule has 0 spiro atoms. The Labute approximate surface area is 176 Å². The fraction of sp³-hybridized carbons (Fsp3) is 0.364. The maximum absolute atomic E-state index is 11.7. The monoisotopic (exact) mass is 414 g/mol. The molecule has 6 nitrogen and oxygen atoms in total. The highest BCUT2D eigenvalue weighted by molar-refractivity contribution is 6.30. The molecule has 29 heavy (non-hydrogen) atoms. The molecule has 3 rings (SSSR count). The van der Waals surface area contributed by atoms with Gasteiger partial charge in [-0.05, 0) is 54.7 Å². The van der Waals surface area contributed by atoms with Gasteiger partial charge in [0.05, 0.1) is 0 Å². The highest BCUT2D eigenvalue weighted by Crippen LogP contribution is 2.18. The quantitative estimate of drug-likeness (QED) is 0.435. The molecule has 7 heteroatoms. The predicted molar refractivity (Wildman–Crippen MR) is 116 cm³/mol. The third-order valence-corrected chi connectivity index (χ3v) is 4.72. The average molecular weight is 415 g/mol. The van der Waals surface area contributed by atoms with E-state index in [1.807, 2.05) is 42.5 Å². The van der Waals surface area contributed by atoms with Crippen LogP contribution in [0.1, 0.15) is 24.0 Å². The van der Waals surface area contributed by atoms with Crippen molar-refractivity contribution in [2.24, 2.45) is 4.99 Å². The molecular formula is C22H27ClN4O2. The van der Waals surface area contributed by atoms with Crippen LogP contribution in [0.2, 0.25) is 5.02 Å². The predicted octanol–water partition coefficient (Wildman–Crippen LogP) is 2.91. The van der Waals surface area contributed by atoms with Crippen LogP contribution in [0.15, 0.2) is 53.5 Å². The molecule has 2 aromatic rings. The van der Waals surface area contributed by atoms with Gasteiger partial charge in [0.1, 0.15) is 5.75 Å². The largest absolute Gasteiger partial charge is 0.484 e. The minimum atomic E-state index is -0.0691. The summed E-state index contributed by atoms with van der Waals surface area (Å²) in [6.07, 6.45) is 3.00. The fourth-order valence-electron chi connectivity index (χ4n) is 2.82. The van der Waals surface area contributed by atoms with Crippen molar-refractivity contribution < 1.29 is 9.53 Å². The number of benzene rings is 2. The zero-order chi connectivity index (χ0) is 20.5. The van der Waals surface area contributed by atoms with Gasteiger partial charge in [0, 0.05) is 31.2 Å². The van der Waals surface area contributed by atoms with E-state index in [0.717, 1.165) is 42.4 Å². The Hall–Kier alpha value is -2.73. The Kier molecular flexibility index (Phi) is 7.76. The lowest BCUT2D eigenvalue weighted by Crippen LogP contribution is -2.37. The van der Waals surface area contributed by atoms with Crippen LogP contribution in [-0.4, -0.2) is 38.1 Å². The molecular weight excluding hydrogens is 388 g/mol. The first kappa shape index (κ1) is 21.0. The normalized spacial score (nSPS) is 13.7. The minimum absolute atomic E-state index is 0.0418. The van der Waals surface area contributed by atoms with Crippen LogP contribution < -0.4 is 20.7 Å². The molecule has 0 bridgehead atoms. The minimum Gasteiger partial charge on any atom is -0.484 e. The molecule has 1 fully saturated rings. The molecule has 0 aliphatic heterocycles. The van der Waals surface area contributed by atoms with Crippen LogP contribution in [-0.2, 0) is 17.8 Å². The van der Waals surface area contributed by atoms with Gasteiger partial charge in [-0.15, -0.1) is 0 Å². The molecule has 1 aliphatic rings. The van der Waals surface area contributed by atoms with Gasteiger partial charge >= 0.3 is 0 Å². The molecule has 1 aliphatic carbocycles. The Balaban J connectivity index is 1.40. The third kappa shape index (κ3) is 7.66. The number of nitrogens with one attached hydrogen (secondary N) is 3. The van der Waals surface area contributed by atoms with Crippen LogP contribution in [0.3, 0.4) is 0 Å². The topological polar surface area (TPSA) is 74.8 Å². The number of amides is 1. The van der Waals surface area contributed by atoms with Gasteiger partial charge in [0.2, 0.25) is 0 Å². The number of halogens is 1. The highest BCUT2D eigenvalue weighted by Gasteiger charge is 2.23. The van der Waals surface area contributed by atoms with Crippen LogP contribution in [0.4, 0.5) is 0 Å². The highest BCUT2D eigenvalue weighted by atomic mass is 35.5. The molecule has 154 valence electrons. The average Bonchev–Trinajstić information content (AvgIpc) is 3.53. The van der Waals surface area contributed by atoms with Crippen LogP contribution in [0.5, 0.6) is 5.75 Å². The van der Waals surface area contributed by atoms with E-state index in [-0.39, 0.29) is 12.5 Å². The number of ether oxygens (including phenoxy) is 1. The van der Waals surface area contributed by atoms with Crippen molar-refractivity contribution in [1.29, 1.82) is 0 Å². The first-order chi connectivity index (χ1) is 14.1. The van der Waals surface area contributed by atoms with Gasteiger partial charge in [0.25, 0.3) is 5.91 Å². The molecule has 1 amide bonds. The maximum atomic E-state index is 11.7. The van der Waals surface area contributed by atoms with Crippen molar-refractivity contribution in [3.63, 3.8) is 0 Å². The first-order valence-electron chi connectivity index (χ1n) is 9.82. The van der Waals surface area contributed by atoms with Gasteiger partial charge in [-0.25, -0.2) is 0 Å². The molecule has 0 saturated heterocycles.